The van der Waals surface area contributed by atoms with E-state index in [4.69, 9.17) is 0 Å². The van der Waals surface area contributed by atoms with Gasteiger partial charge in [0.2, 0.25) is 0 Å². The third kappa shape index (κ3) is 3.58. The van der Waals surface area contributed by atoms with Gasteiger partial charge in [-0.1, -0.05) is 13.8 Å². The van der Waals surface area contributed by atoms with Crippen molar-refractivity contribution in [2.24, 2.45) is 5.92 Å². The fourth-order valence-corrected chi connectivity index (χ4v) is 2.40. The second kappa shape index (κ2) is 5.30. The van der Waals surface area contributed by atoms with Crippen LogP contribution in [0.1, 0.15) is 36.1 Å². The topological polar surface area (TPSA) is 32.3 Å². The van der Waals surface area contributed by atoms with E-state index in [2.05, 4.69) is 25.2 Å². The lowest BCUT2D eigenvalue weighted by Crippen LogP contribution is -2.41. The van der Waals surface area contributed by atoms with Gasteiger partial charge in [-0.25, -0.2) is 0 Å². The summed E-state index contributed by atoms with van der Waals surface area (Å²) in [5, 5.41) is 13.4. The van der Waals surface area contributed by atoms with Crippen LogP contribution < -0.4 is 5.32 Å². The first-order valence-corrected chi connectivity index (χ1v) is 6.63. The van der Waals surface area contributed by atoms with E-state index in [-0.39, 0.29) is 5.92 Å². The van der Waals surface area contributed by atoms with Crippen molar-refractivity contribution in [2.45, 2.75) is 46.8 Å². The van der Waals surface area contributed by atoms with Gasteiger partial charge in [0, 0.05) is 22.8 Å². The molecule has 0 spiro atoms. The van der Waals surface area contributed by atoms with Gasteiger partial charge in [-0.05, 0) is 38.3 Å². The Bertz CT molecular complexity index is 322. The van der Waals surface area contributed by atoms with Crippen molar-refractivity contribution >= 4 is 11.3 Å². The molecule has 0 saturated carbocycles. The Morgan fingerprint density at radius 1 is 1.44 bits per heavy atom. The molecule has 0 saturated heterocycles. The highest BCUT2D eigenvalue weighted by Gasteiger charge is 2.23. The Morgan fingerprint density at radius 3 is 2.50 bits per heavy atom. The number of nitrogens with one attached hydrogen (secondary N) is 1. The molecule has 1 heterocycles. The van der Waals surface area contributed by atoms with Crippen LogP contribution in [-0.2, 0) is 6.54 Å². The van der Waals surface area contributed by atoms with Crippen molar-refractivity contribution in [3.8, 4) is 0 Å². The second-order valence-electron chi connectivity index (χ2n) is 5.07. The van der Waals surface area contributed by atoms with Gasteiger partial charge in [0.15, 0.2) is 0 Å². The Kier molecular flexibility index (Phi) is 4.53. The highest BCUT2D eigenvalue weighted by molar-refractivity contribution is 7.12. The van der Waals surface area contributed by atoms with Crippen molar-refractivity contribution < 1.29 is 5.11 Å². The van der Waals surface area contributed by atoms with Crippen LogP contribution in [0.2, 0.25) is 0 Å². The molecule has 0 radical (unpaired) electrons. The largest absolute Gasteiger partial charge is 0.389 e. The highest BCUT2D eigenvalue weighted by atomic mass is 32.1. The minimum absolute atomic E-state index is 0.270. The molecule has 1 aromatic heterocycles. The van der Waals surface area contributed by atoms with Crippen LogP contribution in [0, 0.1) is 19.8 Å². The van der Waals surface area contributed by atoms with Gasteiger partial charge < -0.3 is 10.4 Å². The van der Waals surface area contributed by atoms with E-state index in [9.17, 15) is 5.11 Å². The number of hydrogen-bond acceptors (Lipinski definition) is 3. The van der Waals surface area contributed by atoms with E-state index in [1.165, 1.54) is 15.3 Å². The van der Waals surface area contributed by atoms with Crippen molar-refractivity contribution in [1.82, 2.24) is 5.32 Å². The average molecular weight is 241 g/mol. The van der Waals surface area contributed by atoms with Gasteiger partial charge >= 0.3 is 0 Å². The van der Waals surface area contributed by atoms with E-state index in [0.717, 1.165) is 6.54 Å². The SMILES string of the molecule is Cc1cc(CNCC(C)(O)C(C)C)sc1C. The molecule has 2 N–H and O–H groups in total. The van der Waals surface area contributed by atoms with Gasteiger partial charge in [-0.15, -0.1) is 11.3 Å². The normalized spacial score (nSPS) is 15.4. The number of rotatable bonds is 5. The Morgan fingerprint density at radius 2 is 2.06 bits per heavy atom. The quantitative estimate of drug-likeness (QED) is 0.831. The summed E-state index contributed by atoms with van der Waals surface area (Å²) in [6, 6.07) is 2.22. The fourth-order valence-electron chi connectivity index (χ4n) is 1.38. The van der Waals surface area contributed by atoms with Gasteiger partial charge in [-0.3, -0.25) is 0 Å². The molecule has 0 amide bonds. The minimum atomic E-state index is -0.624. The molecular weight excluding hydrogens is 218 g/mol. The van der Waals surface area contributed by atoms with Crippen molar-refractivity contribution in [2.75, 3.05) is 6.54 Å². The predicted octanol–water partition coefficient (Wildman–Crippen LogP) is 2.86. The molecule has 3 heteroatoms. The first-order chi connectivity index (χ1) is 7.33. The minimum Gasteiger partial charge on any atom is -0.389 e. The van der Waals surface area contributed by atoms with E-state index in [1.54, 1.807) is 0 Å². The molecule has 1 aromatic rings. The zero-order valence-electron chi connectivity index (χ0n) is 10.9. The van der Waals surface area contributed by atoms with E-state index < -0.39 is 5.60 Å². The third-order valence-corrected chi connectivity index (χ3v) is 4.40. The van der Waals surface area contributed by atoms with Crippen LogP contribution in [0.25, 0.3) is 0 Å². The summed E-state index contributed by atoms with van der Waals surface area (Å²) in [5.41, 5.74) is 0.735. The lowest BCUT2D eigenvalue weighted by atomic mass is 9.93. The van der Waals surface area contributed by atoms with Gasteiger partial charge in [-0.2, -0.15) is 0 Å². The zero-order valence-corrected chi connectivity index (χ0v) is 11.7. The first kappa shape index (κ1) is 13.7. The monoisotopic (exact) mass is 241 g/mol. The van der Waals surface area contributed by atoms with E-state index >= 15 is 0 Å². The molecule has 2 nitrogen and oxygen atoms in total. The molecule has 92 valence electrons. The Hall–Kier alpha value is -0.380. The highest BCUT2D eigenvalue weighted by Crippen LogP contribution is 2.21. The fraction of sp³-hybridized carbons (Fsp3) is 0.692. The molecular formula is C13H23NOS. The number of hydrogen-bond donors (Lipinski definition) is 2. The van der Waals surface area contributed by atoms with Crippen molar-refractivity contribution in [1.29, 1.82) is 0 Å². The van der Waals surface area contributed by atoms with Crippen molar-refractivity contribution in [3.63, 3.8) is 0 Å². The number of aliphatic hydroxyl groups is 1. The summed E-state index contributed by atoms with van der Waals surface area (Å²) in [7, 11) is 0. The lowest BCUT2D eigenvalue weighted by Gasteiger charge is -2.27. The molecule has 0 aliphatic heterocycles. The van der Waals surface area contributed by atoms with Crippen LogP contribution in [-0.4, -0.2) is 17.3 Å². The summed E-state index contributed by atoms with van der Waals surface area (Å²) in [5.74, 6) is 0.270. The van der Waals surface area contributed by atoms with Crippen LogP contribution in [0.5, 0.6) is 0 Å². The van der Waals surface area contributed by atoms with Gasteiger partial charge in [0.1, 0.15) is 0 Å². The summed E-state index contributed by atoms with van der Waals surface area (Å²) < 4.78 is 0. The molecule has 1 atom stereocenters. The summed E-state index contributed by atoms with van der Waals surface area (Å²) >= 11 is 1.83. The van der Waals surface area contributed by atoms with Crippen LogP contribution >= 0.6 is 11.3 Å². The maximum Gasteiger partial charge on any atom is 0.0766 e. The molecule has 0 aliphatic rings. The molecule has 0 aromatic carbocycles. The third-order valence-electron chi connectivity index (χ3n) is 3.24. The van der Waals surface area contributed by atoms with Gasteiger partial charge in [0.05, 0.1) is 5.60 Å². The summed E-state index contributed by atoms with van der Waals surface area (Å²) in [6.45, 7) is 11.7. The molecule has 0 bridgehead atoms. The molecule has 1 unspecified atom stereocenters. The maximum atomic E-state index is 10.1. The van der Waals surface area contributed by atoms with E-state index in [0.29, 0.717) is 6.54 Å². The standard InChI is InChI=1S/C13H23NOS/c1-9(2)13(5,15)8-14-7-12-6-10(3)11(4)16-12/h6,9,14-15H,7-8H2,1-5H3. The van der Waals surface area contributed by atoms with Crippen molar-refractivity contribution in [3.05, 3.63) is 21.4 Å². The zero-order chi connectivity index (χ0) is 12.3. The lowest BCUT2D eigenvalue weighted by molar-refractivity contribution is 0.0140. The predicted molar refractivity (Wildman–Crippen MR) is 71.0 cm³/mol. The molecule has 16 heavy (non-hydrogen) atoms. The molecule has 1 rings (SSSR count). The Labute approximate surface area is 103 Å². The Balaban J connectivity index is 2.41. The molecule has 0 fully saturated rings. The second-order valence-corrected chi connectivity index (χ2v) is 6.41. The number of aryl methyl sites for hydroxylation is 2. The smallest absolute Gasteiger partial charge is 0.0766 e. The first-order valence-electron chi connectivity index (χ1n) is 5.82. The van der Waals surface area contributed by atoms with Crippen LogP contribution in [0.4, 0.5) is 0 Å². The van der Waals surface area contributed by atoms with Gasteiger partial charge in [0.25, 0.3) is 0 Å². The molecule has 0 aliphatic carbocycles. The maximum absolute atomic E-state index is 10.1. The van der Waals surface area contributed by atoms with Crippen LogP contribution in [0.15, 0.2) is 6.07 Å². The summed E-state index contributed by atoms with van der Waals surface area (Å²) in [4.78, 5) is 2.72. The number of thiophene rings is 1. The van der Waals surface area contributed by atoms with E-state index in [1.807, 2.05) is 32.1 Å². The average Bonchev–Trinajstić information content (AvgIpc) is 2.45. The van der Waals surface area contributed by atoms with Crippen LogP contribution in [0.3, 0.4) is 0 Å². The summed E-state index contributed by atoms with van der Waals surface area (Å²) in [6.07, 6.45) is 0.